The Labute approximate surface area is 136 Å². The lowest BCUT2D eigenvalue weighted by Gasteiger charge is -2.07. The van der Waals surface area contributed by atoms with E-state index in [0.717, 1.165) is 15.4 Å². The van der Waals surface area contributed by atoms with Gasteiger partial charge < -0.3 is 0 Å². The molecule has 0 fully saturated rings. The number of benzene rings is 2. The van der Waals surface area contributed by atoms with Crippen molar-refractivity contribution in [2.45, 2.75) is 9.79 Å². The molecular formula is C14H13BrFNO2S2. The Morgan fingerprint density at radius 1 is 1.10 bits per heavy atom. The maximum Gasteiger partial charge on any atom is 0.243 e. The van der Waals surface area contributed by atoms with Crippen molar-refractivity contribution in [2.75, 3.05) is 12.3 Å². The van der Waals surface area contributed by atoms with Gasteiger partial charge in [-0.15, -0.1) is 11.8 Å². The van der Waals surface area contributed by atoms with Crippen molar-refractivity contribution in [3.05, 3.63) is 58.8 Å². The fourth-order valence-corrected chi connectivity index (χ4v) is 3.89. The van der Waals surface area contributed by atoms with Gasteiger partial charge in [0.1, 0.15) is 10.7 Å². The maximum atomic E-state index is 13.5. The summed E-state index contributed by atoms with van der Waals surface area (Å²) < 4.78 is 40.7. The number of hydrogen-bond donors (Lipinski definition) is 1. The first-order chi connectivity index (χ1) is 9.99. The first kappa shape index (κ1) is 16.5. The van der Waals surface area contributed by atoms with Crippen molar-refractivity contribution >= 4 is 37.7 Å². The molecule has 0 aliphatic heterocycles. The maximum absolute atomic E-state index is 13.5. The van der Waals surface area contributed by atoms with E-state index in [1.54, 1.807) is 0 Å². The monoisotopic (exact) mass is 389 g/mol. The minimum absolute atomic E-state index is 0.234. The van der Waals surface area contributed by atoms with Crippen LogP contribution in [0.3, 0.4) is 0 Å². The van der Waals surface area contributed by atoms with Crippen LogP contribution in [0, 0.1) is 5.82 Å². The smallest absolute Gasteiger partial charge is 0.210 e. The molecule has 2 aromatic rings. The normalized spacial score (nSPS) is 11.5. The molecule has 112 valence electrons. The average Bonchev–Trinajstić information content (AvgIpc) is 2.46. The first-order valence-corrected chi connectivity index (χ1v) is 9.38. The molecule has 21 heavy (non-hydrogen) atoms. The zero-order valence-corrected chi connectivity index (χ0v) is 14.1. The lowest BCUT2D eigenvalue weighted by molar-refractivity contribution is 0.559. The van der Waals surface area contributed by atoms with E-state index in [1.165, 1.54) is 30.0 Å². The molecule has 0 aliphatic rings. The van der Waals surface area contributed by atoms with E-state index in [-0.39, 0.29) is 11.4 Å². The summed E-state index contributed by atoms with van der Waals surface area (Å²) in [5, 5.41) is 0. The Hall–Kier alpha value is -0.890. The summed E-state index contributed by atoms with van der Waals surface area (Å²) in [4.78, 5) is 0.724. The lowest BCUT2D eigenvalue weighted by Crippen LogP contribution is -2.26. The van der Waals surface area contributed by atoms with Crippen molar-refractivity contribution in [1.29, 1.82) is 0 Å². The molecule has 1 N–H and O–H groups in total. The fourth-order valence-electron chi connectivity index (χ4n) is 1.62. The van der Waals surface area contributed by atoms with E-state index in [0.29, 0.717) is 5.75 Å². The third-order valence-electron chi connectivity index (χ3n) is 2.60. The number of nitrogens with one attached hydrogen (secondary N) is 1. The van der Waals surface area contributed by atoms with Crippen LogP contribution in [-0.2, 0) is 10.0 Å². The molecule has 0 atom stereocenters. The molecule has 7 heteroatoms. The fraction of sp³-hybridized carbons (Fsp3) is 0.143. The second-order valence-electron chi connectivity index (χ2n) is 4.13. The van der Waals surface area contributed by atoms with Crippen LogP contribution in [0.5, 0.6) is 0 Å². The number of thioether (sulfide) groups is 1. The van der Waals surface area contributed by atoms with E-state index in [2.05, 4.69) is 20.7 Å². The van der Waals surface area contributed by atoms with Crippen LogP contribution in [-0.4, -0.2) is 20.7 Å². The zero-order chi connectivity index (χ0) is 15.3. The largest absolute Gasteiger partial charge is 0.243 e. The molecule has 0 amide bonds. The first-order valence-electron chi connectivity index (χ1n) is 6.11. The van der Waals surface area contributed by atoms with Gasteiger partial charge in [-0.3, -0.25) is 0 Å². The van der Waals surface area contributed by atoms with Crippen LogP contribution in [0.4, 0.5) is 4.39 Å². The molecule has 0 heterocycles. The minimum atomic E-state index is -3.80. The van der Waals surface area contributed by atoms with Crippen LogP contribution in [0.25, 0.3) is 0 Å². The van der Waals surface area contributed by atoms with Crippen molar-refractivity contribution in [3.8, 4) is 0 Å². The summed E-state index contributed by atoms with van der Waals surface area (Å²) in [6.45, 7) is 0.234. The number of sulfonamides is 1. The van der Waals surface area contributed by atoms with Crippen LogP contribution >= 0.6 is 27.7 Å². The highest BCUT2D eigenvalue weighted by atomic mass is 79.9. The Kier molecular flexibility index (Phi) is 5.80. The summed E-state index contributed by atoms with van der Waals surface area (Å²) in [5.41, 5.74) is 0. The minimum Gasteiger partial charge on any atom is -0.210 e. The molecular weight excluding hydrogens is 377 g/mol. The summed E-state index contributed by atoms with van der Waals surface area (Å²) in [6.07, 6.45) is 0. The third-order valence-corrected chi connectivity index (χ3v) is 5.64. The van der Waals surface area contributed by atoms with Crippen molar-refractivity contribution in [1.82, 2.24) is 4.72 Å². The molecule has 0 unspecified atom stereocenters. The number of hydrogen-bond acceptors (Lipinski definition) is 3. The molecule has 3 nitrogen and oxygen atoms in total. The molecule has 0 bridgehead atoms. The number of rotatable bonds is 6. The van der Waals surface area contributed by atoms with Crippen LogP contribution < -0.4 is 4.72 Å². The number of halogens is 2. The Bertz CT molecular complexity index is 705. The highest BCUT2D eigenvalue weighted by Crippen LogP contribution is 2.20. The molecule has 2 aromatic carbocycles. The van der Waals surface area contributed by atoms with Crippen molar-refractivity contribution in [2.24, 2.45) is 0 Å². The standard InChI is InChI=1S/C14H13BrFNO2S2/c15-11-5-7-12(8-6-11)20-10-9-17-21(18,19)14-4-2-1-3-13(14)16/h1-8,17H,9-10H2. The van der Waals surface area contributed by atoms with Gasteiger partial charge in [0, 0.05) is 21.7 Å². The molecule has 0 radical (unpaired) electrons. The topological polar surface area (TPSA) is 46.2 Å². The molecule has 0 saturated carbocycles. The lowest BCUT2D eigenvalue weighted by atomic mass is 10.4. The van der Waals surface area contributed by atoms with E-state index < -0.39 is 15.8 Å². The quantitative estimate of drug-likeness (QED) is 0.605. The zero-order valence-electron chi connectivity index (χ0n) is 10.9. The van der Waals surface area contributed by atoms with Gasteiger partial charge in [-0.25, -0.2) is 17.5 Å². The van der Waals surface area contributed by atoms with Gasteiger partial charge in [0.2, 0.25) is 10.0 Å². The Balaban J connectivity index is 1.88. The van der Waals surface area contributed by atoms with Gasteiger partial charge in [-0.1, -0.05) is 28.1 Å². The highest BCUT2D eigenvalue weighted by molar-refractivity contribution is 9.10. The Morgan fingerprint density at radius 2 is 1.76 bits per heavy atom. The summed E-state index contributed by atoms with van der Waals surface area (Å²) >= 11 is 4.88. The van der Waals surface area contributed by atoms with Gasteiger partial charge >= 0.3 is 0 Å². The third kappa shape index (κ3) is 4.81. The second-order valence-corrected chi connectivity index (χ2v) is 7.95. The van der Waals surface area contributed by atoms with E-state index in [9.17, 15) is 12.8 Å². The molecule has 0 aliphatic carbocycles. The van der Waals surface area contributed by atoms with Gasteiger partial charge in [0.15, 0.2) is 0 Å². The Morgan fingerprint density at radius 3 is 2.43 bits per heavy atom. The van der Waals surface area contributed by atoms with Crippen molar-refractivity contribution < 1.29 is 12.8 Å². The van der Waals surface area contributed by atoms with Crippen LogP contribution in [0.15, 0.2) is 62.8 Å². The highest BCUT2D eigenvalue weighted by Gasteiger charge is 2.17. The summed E-state index contributed by atoms with van der Waals surface area (Å²) in [7, 11) is -3.80. The summed E-state index contributed by atoms with van der Waals surface area (Å²) in [6, 6.07) is 13.1. The van der Waals surface area contributed by atoms with Gasteiger partial charge in [-0.2, -0.15) is 0 Å². The van der Waals surface area contributed by atoms with E-state index >= 15 is 0 Å². The van der Waals surface area contributed by atoms with Crippen LogP contribution in [0.2, 0.25) is 0 Å². The van der Waals surface area contributed by atoms with Gasteiger partial charge in [0.05, 0.1) is 0 Å². The summed E-state index contributed by atoms with van der Waals surface area (Å²) in [5.74, 6) is -0.180. The van der Waals surface area contributed by atoms with Gasteiger partial charge in [-0.05, 0) is 36.4 Å². The van der Waals surface area contributed by atoms with E-state index in [4.69, 9.17) is 0 Å². The predicted molar refractivity (Wildman–Crippen MR) is 86.5 cm³/mol. The molecule has 2 rings (SSSR count). The van der Waals surface area contributed by atoms with Crippen molar-refractivity contribution in [3.63, 3.8) is 0 Å². The van der Waals surface area contributed by atoms with Crippen LogP contribution in [0.1, 0.15) is 0 Å². The second kappa shape index (κ2) is 7.40. The predicted octanol–water partition coefficient (Wildman–Crippen LogP) is 3.66. The molecule has 0 spiro atoms. The molecule has 0 saturated heterocycles. The van der Waals surface area contributed by atoms with Gasteiger partial charge in [0.25, 0.3) is 0 Å². The average molecular weight is 390 g/mol. The SMILES string of the molecule is O=S(=O)(NCCSc1ccc(Br)cc1)c1ccccc1F. The molecule has 0 aromatic heterocycles. The van der Waals surface area contributed by atoms with E-state index in [1.807, 2.05) is 24.3 Å².